The molecule has 1 spiro atoms. The van der Waals surface area contributed by atoms with Crippen LogP contribution in [0.2, 0.25) is 0 Å². The van der Waals surface area contributed by atoms with Crippen LogP contribution in [0.15, 0.2) is 48.5 Å². The number of carbonyl (C=O) groups is 2. The number of anilines is 1. The van der Waals surface area contributed by atoms with Crippen molar-refractivity contribution >= 4 is 17.5 Å². The molecule has 0 aromatic heterocycles. The van der Waals surface area contributed by atoms with E-state index in [0.717, 1.165) is 5.69 Å². The summed E-state index contributed by atoms with van der Waals surface area (Å²) in [5, 5.41) is 12.3. The Labute approximate surface area is 145 Å². The van der Waals surface area contributed by atoms with E-state index < -0.39 is 5.66 Å². The highest BCUT2D eigenvalue weighted by Crippen LogP contribution is 2.39. The van der Waals surface area contributed by atoms with Crippen LogP contribution in [0.25, 0.3) is 0 Å². The largest absolute Gasteiger partial charge is 0.508 e. The van der Waals surface area contributed by atoms with Crippen molar-refractivity contribution in [3.63, 3.8) is 0 Å². The maximum absolute atomic E-state index is 12.4. The Morgan fingerprint density at radius 3 is 2.12 bits per heavy atom. The van der Waals surface area contributed by atoms with Gasteiger partial charge in [-0.15, -0.1) is 0 Å². The first kappa shape index (κ1) is 15.5. The first-order valence-electron chi connectivity index (χ1n) is 8.27. The van der Waals surface area contributed by atoms with Gasteiger partial charge in [-0.2, -0.15) is 0 Å². The van der Waals surface area contributed by atoms with Crippen LogP contribution in [-0.4, -0.2) is 22.6 Å². The lowest BCUT2D eigenvalue weighted by Gasteiger charge is -2.35. The molecule has 0 radical (unpaired) electrons. The minimum Gasteiger partial charge on any atom is -0.508 e. The third-order valence-corrected chi connectivity index (χ3v) is 4.73. The number of nitrogens with one attached hydrogen (secondary N) is 1. The quantitative estimate of drug-likeness (QED) is 0.902. The smallest absolute Gasteiger partial charge is 0.229 e. The molecule has 2 saturated heterocycles. The fraction of sp³-hybridized carbons (Fsp3) is 0.263. The van der Waals surface area contributed by atoms with Gasteiger partial charge in [0.1, 0.15) is 22.9 Å². The van der Waals surface area contributed by atoms with Crippen molar-refractivity contribution in [1.82, 2.24) is 5.32 Å². The zero-order valence-corrected chi connectivity index (χ0v) is 13.6. The highest BCUT2D eigenvalue weighted by atomic mass is 16.5. The van der Waals surface area contributed by atoms with E-state index >= 15 is 0 Å². The van der Waals surface area contributed by atoms with Gasteiger partial charge in [0.05, 0.1) is 0 Å². The molecule has 2 aliphatic rings. The summed E-state index contributed by atoms with van der Waals surface area (Å²) < 4.78 is 5.73. The number of benzene rings is 2. The van der Waals surface area contributed by atoms with Gasteiger partial charge in [0.15, 0.2) is 0 Å². The average Bonchev–Trinajstić information content (AvgIpc) is 3.13. The molecule has 6 heteroatoms. The van der Waals surface area contributed by atoms with Crippen molar-refractivity contribution in [3.8, 4) is 17.2 Å². The number of phenolic OH excluding ortho intramolecular Hbond substituents is 1. The van der Waals surface area contributed by atoms with Gasteiger partial charge in [-0.25, -0.2) is 0 Å². The molecule has 128 valence electrons. The molecule has 25 heavy (non-hydrogen) atoms. The molecular weight excluding hydrogens is 320 g/mol. The second kappa shape index (κ2) is 5.81. The fourth-order valence-electron chi connectivity index (χ4n) is 3.54. The number of aromatic hydroxyl groups is 1. The SMILES string of the molecule is O=C1CCC2(CCC(=O)N2c2ccc(Oc3ccc(O)cc3)cc2)N1. The lowest BCUT2D eigenvalue weighted by Crippen LogP contribution is -2.54. The Hall–Kier alpha value is -3.02. The van der Waals surface area contributed by atoms with Crippen molar-refractivity contribution in [2.75, 3.05) is 4.90 Å². The molecule has 1 atom stereocenters. The predicted octanol–water partition coefficient (Wildman–Crippen LogP) is 2.92. The van der Waals surface area contributed by atoms with Gasteiger partial charge in [0.2, 0.25) is 11.8 Å². The van der Waals surface area contributed by atoms with Crippen molar-refractivity contribution in [2.24, 2.45) is 0 Å². The lowest BCUT2D eigenvalue weighted by atomic mass is 10.0. The lowest BCUT2D eigenvalue weighted by molar-refractivity contribution is -0.119. The normalized spacial score (nSPS) is 22.5. The molecule has 6 nitrogen and oxygen atoms in total. The Morgan fingerprint density at radius 2 is 1.52 bits per heavy atom. The van der Waals surface area contributed by atoms with E-state index in [-0.39, 0.29) is 17.6 Å². The van der Waals surface area contributed by atoms with Gasteiger partial charge in [-0.05, 0) is 61.4 Å². The van der Waals surface area contributed by atoms with E-state index in [0.29, 0.717) is 37.2 Å². The van der Waals surface area contributed by atoms with E-state index in [9.17, 15) is 14.7 Å². The monoisotopic (exact) mass is 338 g/mol. The Bertz CT molecular complexity index is 812. The molecule has 2 heterocycles. The zero-order valence-electron chi connectivity index (χ0n) is 13.6. The third-order valence-electron chi connectivity index (χ3n) is 4.73. The minimum atomic E-state index is -0.576. The molecule has 2 fully saturated rings. The van der Waals surface area contributed by atoms with E-state index in [1.807, 2.05) is 12.1 Å². The number of ether oxygens (including phenoxy) is 1. The van der Waals surface area contributed by atoms with Gasteiger partial charge >= 0.3 is 0 Å². The summed E-state index contributed by atoms with van der Waals surface area (Å²) in [5.41, 5.74) is 0.177. The summed E-state index contributed by atoms with van der Waals surface area (Å²) >= 11 is 0. The molecule has 2 aliphatic heterocycles. The zero-order chi connectivity index (χ0) is 17.4. The maximum Gasteiger partial charge on any atom is 0.229 e. The summed E-state index contributed by atoms with van der Waals surface area (Å²) in [6.07, 6.45) is 2.17. The summed E-state index contributed by atoms with van der Waals surface area (Å²) in [6, 6.07) is 13.7. The van der Waals surface area contributed by atoms with Crippen LogP contribution in [0.4, 0.5) is 5.69 Å². The van der Waals surface area contributed by atoms with Gasteiger partial charge in [0.25, 0.3) is 0 Å². The van der Waals surface area contributed by atoms with Crippen LogP contribution in [0.1, 0.15) is 25.7 Å². The average molecular weight is 338 g/mol. The molecule has 2 aromatic rings. The number of hydrogen-bond acceptors (Lipinski definition) is 4. The van der Waals surface area contributed by atoms with E-state index in [2.05, 4.69) is 5.32 Å². The molecule has 4 rings (SSSR count). The molecule has 0 saturated carbocycles. The highest BCUT2D eigenvalue weighted by molar-refractivity contribution is 5.99. The van der Waals surface area contributed by atoms with Crippen LogP contribution < -0.4 is 15.0 Å². The second-order valence-electron chi connectivity index (χ2n) is 6.40. The van der Waals surface area contributed by atoms with Crippen molar-refractivity contribution in [2.45, 2.75) is 31.3 Å². The molecule has 2 N–H and O–H groups in total. The van der Waals surface area contributed by atoms with Gasteiger partial charge in [-0.3, -0.25) is 14.5 Å². The molecule has 0 bridgehead atoms. The first-order chi connectivity index (χ1) is 12.1. The van der Waals surface area contributed by atoms with Crippen molar-refractivity contribution < 1.29 is 19.4 Å². The minimum absolute atomic E-state index is 0.00742. The molecule has 0 aliphatic carbocycles. The number of rotatable bonds is 3. The van der Waals surface area contributed by atoms with E-state index in [4.69, 9.17) is 4.74 Å². The van der Waals surface area contributed by atoms with Crippen molar-refractivity contribution in [1.29, 1.82) is 0 Å². The van der Waals surface area contributed by atoms with Crippen LogP contribution >= 0.6 is 0 Å². The van der Waals surface area contributed by atoms with Crippen LogP contribution in [0.5, 0.6) is 17.2 Å². The Morgan fingerprint density at radius 1 is 0.920 bits per heavy atom. The molecule has 2 amide bonds. The Balaban J connectivity index is 1.56. The summed E-state index contributed by atoms with van der Waals surface area (Å²) in [5.74, 6) is 1.44. The van der Waals surface area contributed by atoms with Crippen LogP contribution in [0, 0.1) is 0 Å². The van der Waals surface area contributed by atoms with Crippen LogP contribution in [-0.2, 0) is 9.59 Å². The summed E-state index contributed by atoms with van der Waals surface area (Å²) in [6.45, 7) is 0. The number of phenols is 1. The third kappa shape index (κ3) is 2.80. The standard InChI is InChI=1S/C19H18N2O4/c22-14-3-7-16(8-4-14)25-15-5-1-13(2-6-15)21-18(24)10-12-19(21)11-9-17(23)20-19/h1-8,22H,9-12H2,(H,20,23). The highest BCUT2D eigenvalue weighted by Gasteiger charge is 2.50. The number of nitrogens with zero attached hydrogens (tertiary/aromatic N) is 1. The molecule has 1 unspecified atom stereocenters. The first-order valence-corrected chi connectivity index (χ1v) is 8.27. The second-order valence-corrected chi connectivity index (χ2v) is 6.40. The van der Waals surface area contributed by atoms with Crippen LogP contribution in [0.3, 0.4) is 0 Å². The Kier molecular flexibility index (Phi) is 3.60. The summed E-state index contributed by atoms with van der Waals surface area (Å²) in [4.78, 5) is 25.8. The van der Waals surface area contributed by atoms with Gasteiger partial charge in [-0.1, -0.05) is 0 Å². The molecular formula is C19H18N2O4. The molecule has 2 aromatic carbocycles. The van der Waals surface area contributed by atoms with Gasteiger partial charge in [0, 0.05) is 18.5 Å². The van der Waals surface area contributed by atoms with Gasteiger partial charge < -0.3 is 15.2 Å². The fourth-order valence-corrected chi connectivity index (χ4v) is 3.54. The topological polar surface area (TPSA) is 78.9 Å². The summed E-state index contributed by atoms with van der Waals surface area (Å²) in [7, 11) is 0. The number of hydrogen-bond donors (Lipinski definition) is 2. The maximum atomic E-state index is 12.4. The van der Waals surface area contributed by atoms with E-state index in [1.165, 1.54) is 0 Å². The predicted molar refractivity (Wildman–Crippen MR) is 91.5 cm³/mol. The van der Waals surface area contributed by atoms with E-state index in [1.54, 1.807) is 41.3 Å². The van der Waals surface area contributed by atoms with Crippen molar-refractivity contribution in [3.05, 3.63) is 48.5 Å². The number of carbonyl (C=O) groups excluding carboxylic acids is 2. The number of amides is 2.